The first kappa shape index (κ1) is 28.2. The Morgan fingerprint density at radius 3 is 2.49 bits per heavy atom. The van der Waals surface area contributed by atoms with E-state index in [1.807, 2.05) is 61.5 Å². The summed E-state index contributed by atoms with van der Waals surface area (Å²) >= 11 is 1.33. The Morgan fingerprint density at radius 2 is 1.67 bits per heavy atom. The van der Waals surface area contributed by atoms with Crippen molar-refractivity contribution in [3.63, 3.8) is 0 Å². The zero-order valence-corrected chi connectivity index (χ0v) is 24.6. The number of Topliss-reactive ketones (excluding diaryl/α,β-unsaturated/α-hetero) is 1. The topological polar surface area (TPSA) is 89.0 Å². The number of carbonyl (C=O) groups excluding carboxylic acids is 2. The van der Waals surface area contributed by atoms with E-state index in [-0.39, 0.29) is 11.3 Å². The standard InChI is InChI=1S/C35H30N2O5S/c1-3-4-18-41-26-14-9-11-24(21-26)32(38)30-31(23-10-8-15-27(20-23)42-25-12-6-5-7-13-25)37(34(40)33(30)39)35-36-28-17-16-22(2)19-29(28)43-35/h5-17,19-21,31,38H,3-4,18H2,1-2H3. The van der Waals surface area contributed by atoms with Gasteiger partial charge in [-0.15, -0.1) is 0 Å². The lowest BCUT2D eigenvalue weighted by molar-refractivity contribution is -0.132. The van der Waals surface area contributed by atoms with Crippen molar-refractivity contribution in [2.75, 3.05) is 11.5 Å². The summed E-state index contributed by atoms with van der Waals surface area (Å²) in [6, 6.07) is 28.4. The number of thiazole rings is 1. The third-order valence-corrected chi connectivity index (χ3v) is 8.23. The lowest BCUT2D eigenvalue weighted by Gasteiger charge is -2.23. The molecule has 1 atom stereocenters. The Hall–Kier alpha value is -4.95. The summed E-state index contributed by atoms with van der Waals surface area (Å²) in [4.78, 5) is 33.6. The van der Waals surface area contributed by atoms with Crippen LogP contribution in [0.5, 0.6) is 17.2 Å². The number of hydrogen-bond acceptors (Lipinski definition) is 7. The smallest absolute Gasteiger partial charge is 0.301 e. The van der Waals surface area contributed by atoms with E-state index in [2.05, 4.69) is 6.92 Å². The van der Waals surface area contributed by atoms with E-state index in [0.717, 1.165) is 28.6 Å². The number of aromatic nitrogens is 1. The largest absolute Gasteiger partial charge is 0.507 e. The third kappa shape index (κ3) is 5.74. The number of anilines is 1. The number of hydrogen-bond donors (Lipinski definition) is 1. The van der Waals surface area contributed by atoms with Gasteiger partial charge in [0.1, 0.15) is 23.0 Å². The molecule has 216 valence electrons. The first-order valence-electron chi connectivity index (χ1n) is 14.2. The monoisotopic (exact) mass is 590 g/mol. The van der Waals surface area contributed by atoms with E-state index in [4.69, 9.17) is 14.5 Å². The van der Waals surface area contributed by atoms with E-state index in [9.17, 15) is 14.7 Å². The number of benzene rings is 4. The van der Waals surface area contributed by atoms with Crippen LogP contribution in [0.25, 0.3) is 16.0 Å². The van der Waals surface area contributed by atoms with E-state index in [1.54, 1.807) is 42.5 Å². The Bertz CT molecular complexity index is 1850. The van der Waals surface area contributed by atoms with Crippen LogP contribution in [0.2, 0.25) is 0 Å². The maximum Gasteiger partial charge on any atom is 0.301 e. The number of aliphatic hydroxyl groups is 1. The average Bonchev–Trinajstić information content (AvgIpc) is 3.55. The number of amides is 1. The van der Waals surface area contributed by atoms with E-state index in [1.165, 1.54) is 16.2 Å². The van der Waals surface area contributed by atoms with Crippen LogP contribution in [-0.4, -0.2) is 28.4 Å². The molecule has 5 aromatic rings. The molecule has 7 nitrogen and oxygen atoms in total. The summed E-state index contributed by atoms with van der Waals surface area (Å²) in [6.45, 7) is 4.61. The van der Waals surface area contributed by atoms with Crippen molar-refractivity contribution in [1.82, 2.24) is 4.98 Å². The highest BCUT2D eigenvalue weighted by Crippen LogP contribution is 2.45. The highest BCUT2D eigenvalue weighted by molar-refractivity contribution is 7.22. The molecular weight excluding hydrogens is 560 g/mol. The minimum absolute atomic E-state index is 0.0250. The molecule has 1 aliphatic heterocycles. The van der Waals surface area contributed by atoms with Gasteiger partial charge in [-0.2, -0.15) is 0 Å². The number of rotatable bonds is 9. The van der Waals surface area contributed by atoms with E-state index >= 15 is 0 Å². The molecule has 1 N–H and O–H groups in total. The summed E-state index contributed by atoms with van der Waals surface area (Å²) in [5, 5.41) is 12.0. The second-order valence-electron chi connectivity index (χ2n) is 10.4. The molecule has 43 heavy (non-hydrogen) atoms. The fourth-order valence-electron chi connectivity index (χ4n) is 5.06. The van der Waals surface area contributed by atoms with Gasteiger partial charge in [-0.1, -0.05) is 73.2 Å². The fraction of sp³-hybridized carbons (Fsp3) is 0.171. The van der Waals surface area contributed by atoms with Crippen LogP contribution in [0.4, 0.5) is 5.13 Å². The summed E-state index contributed by atoms with van der Waals surface area (Å²) < 4.78 is 12.8. The van der Waals surface area contributed by atoms with E-state index in [0.29, 0.717) is 40.1 Å². The van der Waals surface area contributed by atoms with Crippen LogP contribution < -0.4 is 14.4 Å². The quantitative estimate of drug-likeness (QED) is 0.0806. The molecule has 0 saturated carbocycles. The Morgan fingerprint density at radius 1 is 0.907 bits per heavy atom. The maximum absolute atomic E-state index is 13.7. The van der Waals surface area contributed by atoms with Gasteiger partial charge < -0.3 is 14.6 Å². The molecule has 1 amide bonds. The fourth-order valence-corrected chi connectivity index (χ4v) is 6.15. The number of ketones is 1. The van der Waals surface area contributed by atoms with Crippen LogP contribution in [0.15, 0.2) is 103 Å². The number of unbranched alkanes of at least 4 members (excludes halogenated alkanes) is 1. The lowest BCUT2D eigenvalue weighted by atomic mass is 9.95. The number of aryl methyl sites for hydroxylation is 1. The number of fused-ring (bicyclic) bond motifs is 1. The van der Waals surface area contributed by atoms with Crippen molar-refractivity contribution in [3.05, 3.63) is 119 Å². The van der Waals surface area contributed by atoms with E-state index < -0.39 is 17.7 Å². The number of ether oxygens (including phenoxy) is 2. The minimum Gasteiger partial charge on any atom is -0.507 e. The van der Waals surface area contributed by atoms with Gasteiger partial charge in [0.05, 0.1) is 28.4 Å². The van der Waals surface area contributed by atoms with Gasteiger partial charge in [-0.3, -0.25) is 14.5 Å². The maximum atomic E-state index is 13.7. The Kier molecular flexibility index (Phi) is 7.94. The molecule has 0 bridgehead atoms. The highest BCUT2D eigenvalue weighted by Gasteiger charge is 2.48. The second kappa shape index (κ2) is 12.1. The normalized spacial score (nSPS) is 16.1. The molecule has 1 aliphatic rings. The Balaban J connectivity index is 1.48. The molecule has 8 heteroatoms. The predicted octanol–water partition coefficient (Wildman–Crippen LogP) is 8.20. The van der Waals surface area contributed by atoms with Gasteiger partial charge >= 0.3 is 5.91 Å². The van der Waals surface area contributed by atoms with Crippen molar-refractivity contribution in [3.8, 4) is 17.2 Å². The van der Waals surface area contributed by atoms with Crippen LogP contribution in [0, 0.1) is 6.92 Å². The summed E-state index contributed by atoms with van der Waals surface area (Å²) in [7, 11) is 0. The zero-order chi connectivity index (χ0) is 29.9. The lowest BCUT2D eigenvalue weighted by Crippen LogP contribution is -2.29. The van der Waals surface area contributed by atoms with Gasteiger partial charge in [-0.25, -0.2) is 4.98 Å². The Labute approximate surface area is 253 Å². The molecule has 4 aromatic carbocycles. The van der Waals surface area contributed by atoms with Crippen molar-refractivity contribution in [1.29, 1.82) is 0 Å². The van der Waals surface area contributed by atoms with Gasteiger partial charge in [-0.05, 0) is 73.0 Å². The van der Waals surface area contributed by atoms with Crippen LogP contribution in [0.1, 0.15) is 42.5 Å². The van der Waals surface area contributed by atoms with Gasteiger partial charge in [0.25, 0.3) is 5.78 Å². The van der Waals surface area contributed by atoms with Crippen molar-refractivity contribution in [2.24, 2.45) is 0 Å². The molecular formula is C35H30N2O5S. The van der Waals surface area contributed by atoms with Gasteiger partial charge in [0.15, 0.2) is 5.13 Å². The van der Waals surface area contributed by atoms with Gasteiger partial charge in [0, 0.05) is 5.56 Å². The zero-order valence-electron chi connectivity index (χ0n) is 23.8. The van der Waals surface area contributed by atoms with Crippen LogP contribution in [0.3, 0.4) is 0 Å². The minimum atomic E-state index is -0.939. The molecule has 0 radical (unpaired) electrons. The van der Waals surface area contributed by atoms with Crippen molar-refractivity contribution >= 4 is 44.1 Å². The molecule has 1 saturated heterocycles. The summed E-state index contributed by atoms with van der Waals surface area (Å²) in [5.41, 5.74) is 2.74. The molecule has 6 rings (SSSR count). The average molecular weight is 591 g/mol. The predicted molar refractivity (Wildman–Crippen MR) is 169 cm³/mol. The van der Waals surface area contributed by atoms with Crippen molar-refractivity contribution in [2.45, 2.75) is 32.7 Å². The second-order valence-corrected chi connectivity index (χ2v) is 11.4. The third-order valence-electron chi connectivity index (χ3n) is 7.21. The number of nitrogens with zero attached hydrogens (tertiary/aromatic N) is 2. The molecule has 0 spiro atoms. The molecule has 0 aliphatic carbocycles. The first-order valence-corrected chi connectivity index (χ1v) is 15.0. The summed E-state index contributed by atoms with van der Waals surface area (Å²) in [5.74, 6) is -0.0754. The van der Waals surface area contributed by atoms with Crippen LogP contribution in [-0.2, 0) is 9.59 Å². The molecule has 1 fully saturated rings. The van der Waals surface area contributed by atoms with Crippen LogP contribution >= 0.6 is 11.3 Å². The molecule has 1 aromatic heterocycles. The number of para-hydroxylation sites is 1. The number of aliphatic hydroxyl groups excluding tert-OH is 1. The SMILES string of the molecule is CCCCOc1cccc(C(O)=C2C(=O)C(=O)N(c3nc4ccc(C)cc4s3)C2c2cccc(Oc3ccccc3)c2)c1. The molecule has 2 heterocycles. The number of carbonyl (C=O) groups is 2. The first-order chi connectivity index (χ1) is 20.9. The van der Waals surface area contributed by atoms with Gasteiger partial charge in [0.2, 0.25) is 0 Å². The summed E-state index contributed by atoms with van der Waals surface area (Å²) in [6.07, 6.45) is 1.88. The van der Waals surface area contributed by atoms with Crippen molar-refractivity contribution < 1.29 is 24.2 Å². The highest BCUT2D eigenvalue weighted by atomic mass is 32.1. The molecule has 1 unspecified atom stereocenters.